The summed E-state index contributed by atoms with van der Waals surface area (Å²) < 4.78 is 13.1. The van der Waals surface area contributed by atoms with Crippen molar-refractivity contribution in [3.63, 3.8) is 0 Å². The number of aromatic nitrogens is 4. The van der Waals surface area contributed by atoms with Gasteiger partial charge < -0.3 is 9.15 Å². The van der Waals surface area contributed by atoms with Crippen molar-refractivity contribution in [3.8, 4) is 0 Å². The van der Waals surface area contributed by atoms with E-state index in [0.29, 0.717) is 35.2 Å². The summed E-state index contributed by atoms with van der Waals surface area (Å²) in [6, 6.07) is 0. The first kappa shape index (κ1) is 19.3. The maximum atomic E-state index is 13.6. The fourth-order valence-corrected chi connectivity index (χ4v) is 6.46. The minimum atomic E-state index is 0.0711. The van der Waals surface area contributed by atoms with E-state index in [4.69, 9.17) is 14.1 Å². The Morgan fingerprint density at radius 2 is 2.21 bits per heavy atom. The number of thioether (sulfide) groups is 1. The molecule has 3 aromatic rings. The van der Waals surface area contributed by atoms with Crippen molar-refractivity contribution in [3.05, 3.63) is 32.6 Å². The van der Waals surface area contributed by atoms with Gasteiger partial charge in [0.15, 0.2) is 5.16 Å². The number of thiophene rings is 1. The minimum Gasteiger partial charge on any atom is -0.425 e. The second-order valence-electron chi connectivity index (χ2n) is 7.98. The fourth-order valence-electron chi connectivity index (χ4n) is 4.19. The largest absolute Gasteiger partial charge is 0.425 e. The molecule has 1 saturated heterocycles. The van der Waals surface area contributed by atoms with E-state index in [1.807, 2.05) is 4.57 Å². The molecule has 0 N–H and O–H groups in total. The third kappa shape index (κ3) is 3.75. The van der Waals surface area contributed by atoms with Gasteiger partial charge >= 0.3 is 0 Å². The molecule has 0 saturated carbocycles. The Kier molecular flexibility index (Phi) is 5.21. The van der Waals surface area contributed by atoms with Gasteiger partial charge in [-0.25, -0.2) is 4.98 Å². The fraction of sp³-hybridized carbons (Fsp3) is 0.600. The highest BCUT2D eigenvalue weighted by molar-refractivity contribution is 7.98. The molecule has 2 atom stereocenters. The molecule has 29 heavy (non-hydrogen) atoms. The van der Waals surface area contributed by atoms with Crippen molar-refractivity contribution < 1.29 is 9.15 Å². The molecule has 1 fully saturated rings. The van der Waals surface area contributed by atoms with Crippen molar-refractivity contribution in [1.82, 2.24) is 19.7 Å². The summed E-state index contributed by atoms with van der Waals surface area (Å²) in [5.74, 6) is 2.25. The van der Waals surface area contributed by atoms with Crippen molar-refractivity contribution in [2.45, 2.75) is 69.5 Å². The average Bonchev–Trinajstić information content (AvgIpc) is 3.42. The normalized spacial score (nSPS) is 21.7. The summed E-state index contributed by atoms with van der Waals surface area (Å²) in [5.41, 5.74) is 1.30. The Hall–Kier alpha value is -1.71. The van der Waals surface area contributed by atoms with Crippen LogP contribution < -0.4 is 5.56 Å². The Bertz CT molecular complexity index is 1100. The van der Waals surface area contributed by atoms with E-state index >= 15 is 0 Å². The summed E-state index contributed by atoms with van der Waals surface area (Å²) in [6.07, 6.45) is 5.26. The number of aryl methyl sites for hydroxylation is 2. The summed E-state index contributed by atoms with van der Waals surface area (Å²) in [7, 11) is 0. The van der Waals surface area contributed by atoms with Gasteiger partial charge in [0.1, 0.15) is 4.83 Å². The van der Waals surface area contributed by atoms with Crippen LogP contribution in [0, 0.1) is 12.8 Å². The van der Waals surface area contributed by atoms with Gasteiger partial charge in [-0.1, -0.05) is 18.7 Å². The molecule has 0 radical (unpaired) electrons. The van der Waals surface area contributed by atoms with Crippen molar-refractivity contribution >= 4 is 33.3 Å². The van der Waals surface area contributed by atoms with Crippen molar-refractivity contribution in [1.29, 1.82) is 0 Å². The molecule has 154 valence electrons. The van der Waals surface area contributed by atoms with Crippen molar-refractivity contribution in [2.24, 2.45) is 5.92 Å². The SMILES string of the molecule is Cc1nnc(CSc2nc3sc4c(c3c(=O)n2CC2CCCO2)CCC(C)C4)o1. The molecule has 3 aromatic heterocycles. The number of fused-ring (bicyclic) bond motifs is 3. The molecule has 1 aliphatic heterocycles. The zero-order valence-corrected chi connectivity index (χ0v) is 18.3. The van der Waals surface area contributed by atoms with Crippen LogP contribution >= 0.6 is 23.1 Å². The maximum absolute atomic E-state index is 13.6. The van der Waals surface area contributed by atoms with Crippen LogP contribution in [0.15, 0.2) is 14.4 Å². The maximum Gasteiger partial charge on any atom is 0.263 e. The quantitative estimate of drug-likeness (QED) is 0.448. The van der Waals surface area contributed by atoms with Gasteiger partial charge in [-0.3, -0.25) is 9.36 Å². The number of ether oxygens (including phenoxy) is 1. The predicted octanol–water partition coefficient (Wildman–Crippen LogP) is 3.75. The molecule has 7 nitrogen and oxygen atoms in total. The highest BCUT2D eigenvalue weighted by Gasteiger charge is 2.26. The smallest absolute Gasteiger partial charge is 0.263 e. The Morgan fingerprint density at radius 3 is 2.97 bits per heavy atom. The molecule has 0 amide bonds. The van der Waals surface area contributed by atoms with Crippen LogP contribution in [-0.2, 0) is 29.9 Å². The van der Waals surface area contributed by atoms with E-state index in [0.717, 1.165) is 48.9 Å². The van der Waals surface area contributed by atoms with Crippen LogP contribution in [0.4, 0.5) is 0 Å². The lowest BCUT2D eigenvalue weighted by atomic mass is 9.89. The lowest BCUT2D eigenvalue weighted by molar-refractivity contribution is 0.0937. The van der Waals surface area contributed by atoms with Gasteiger partial charge in [0.05, 0.1) is 23.8 Å². The Balaban J connectivity index is 1.56. The second kappa shape index (κ2) is 7.85. The van der Waals surface area contributed by atoms with Crippen LogP contribution in [0.1, 0.15) is 48.4 Å². The Labute approximate surface area is 176 Å². The van der Waals surface area contributed by atoms with E-state index in [-0.39, 0.29) is 11.7 Å². The minimum absolute atomic E-state index is 0.0711. The lowest BCUT2D eigenvalue weighted by Gasteiger charge is -2.18. The van der Waals surface area contributed by atoms with E-state index in [1.54, 1.807) is 18.3 Å². The van der Waals surface area contributed by atoms with Gasteiger partial charge in [-0.15, -0.1) is 21.5 Å². The van der Waals surface area contributed by atoms with E-state index in [9.17, 15) is 4.79 Å². The van der Waals surface area contributed by atoms with Crippen LogP contribution in [0.5, 0.6) is 0 Å². The first-order chi connectivity index (χ1) is 14.1. The molecule has 1 aliphatic carbocycles. The zero-order valence-electron chi connectivity index (χ0n) is 16.6. The van der Waals surface area contributed by atoms with E-state index < -0.39 is 0 Å². The Morgan fingerprint density at radius 1 is 1.31 bits per heavy atom. The summed E-state index contributed by atoms with van der Waals surface area (Å²) in [4.78, 5) is 20.7. The summed E-state index contributed by atoms with van der Waals surface area (Å²) in [5, 5.41) is 9.49. The predicted molar refractivity (Wildman–Crippen MR) is 113 cm³/mol. The number of nitrogens with zero attached hydrogens (tertiary/aromatic N) is 4. The van der Waals surface area contributed by atoms with E-state index in [2.05, 4.69) is 17.1 Å². The van der Waals surface area contributed by atoms with Gasteiger partial charge in [0.2, 0.25) is 11.8 Å². The topological polar surface area (TPSA) is 83.0 Å². The lowest BCUT2D eigenvalue weighted by Crippen LogP contribution is -2.29. The molecular weight excluding hydrogens is 408 g/mol. The molecule has 0 spiro atoms. The van der Waals surface area contributed by atoms with Gasteiger partial charge in [-0.2, -0.15) is 0 Å². The molecule has 0 bridgehead atoms. The molecular formula is C20H24N4O3S2. The van der Waals surface area contributed by atoms with Crippen LogP contribution in [0.3, 0.4) is 0 Å². The van der Waals surface area contributed by atoms with Gasteiger partial charge in [0, 0.05) is 18.4 Å². The summed E-state index contributed by atoms with van der Waals surface area (Å²) in [6.45, 7) is 5.37. The third-order valence-electron chi connectivity index (χ3n) is 5.68. The molecule has 5 rings (SSSR count). The van der Waals surface area contributed by atoms with Gasteiger partial charge in [-0.05, 0) is 43.6 Å². The first-order valence-corrected chi connectivity index (χ1v) is 12.0. The van der Waals surface area contributed by atoms with Crippen LogP contribution in [0.25, 0.3) is 10.2 Å². The molecule has 0 aromatic carbocycles. The molecule has 9 heteroatoms. The van der Waals surface area contributed by atoms with Gasteiger partial charge in [0.25, 0.3) is 5.56 Å². The number of hydrogen-bond donors (Lipinski definition) is 0. The number of rotatable bonds is 5. The molecule has 2 unspecified atom stereocenters. The van der Waals surface area contributed by atoms with Crippen molar-refractivity contribution in [2.75, 3.05) is 6.61 Å². The van der Waals surface area contributed by atoms with Crippen LogP contribution in [-0.4, -0.2) is 32.5 Å². The highest BCUT2D eigenvalue weighted by atomic mass is 32.2. The number of hydrogen-bond acceptors (Lipinski definition) is 8. The second-order valence-corrected chi connectivity index (χ2v) is 10.0. The zero-order chi connectivity index (χ0) is 20.0. The van der Waals surface area contributed by atoms with E-state index in [1.165, 1.54) is 22.2 Å². The monoisotopic (exact) mass is 432 g/mol. The highest BCUT2D eigenvalue weighted by Crippen LogP contribution is 2.37. The summed E-state index contributed by atoms with van der Waals surface area (Å²) >= 11 is 3.17. The third-order valence-corrected chi connectivity index (χ3v) is 7.79. The average molecular weight is 433 g/mol. The standard InChI is InChI=1S/C20H24N4O3S2/c1-11-5-6-14-15(8-11)29-18-17(14)19(25)24(9-13-4-3-7-26-13)20(21-18)28-10-16-23-22-12(2)27-16/h11,13H,3-10H2,1-2H3. The molecule has 4 heterocycles. The molecule has 2 aliphatic rings. The first-order valence-electron chi connectivity index (χ1n) is 10.2. The van der Waals surface area contributed by atoms with Crippen LogP contribution in [0.2, 0.25) is 0 Å².